The van der Waals surface area contributed by atoms with Crippen molar-refractivity contribution in [3.05, 3.63) is 110 Å². The molecule has 3 aromatic carbocycles. The van der Waals surface area contributed by atoms with Crippen molar-refractivity contribution in [3.8, 4) is 0 Å². The summed E-state index contributed by atoms with van der Waals surface area (Å²) in [6.07, 6.45) is 0. The van der Waals surface area contributed by atoms with Gasteiger partial charge in [-0.1, -0.05) is 46.9 Å². The quantitative estimate of drug-likeness (QED) is 0.289. The summed E-state index contributed by atoms with van der Waals surface area (Å²) in [5, 5.41) is 12.4. The van der Waals surface area contributed by atoms with Crippen LogP contribution in [-0.2, 0) is 4.79 Å². The average Bonchev–Trinajstić information content (AvgIpc) is 3.32. The van der Waals surface area contributed by atoms with Crippen LogP contribution >= 0.6 is 34.8 Å². The summed E-state index contributed by atoms with van der Waals surface area (Å²) in [6, 6.07) is 14.9. The molecule has 1 atom stereocenters. The number of hydrogen-bond acceptors (Lipinski definition) is 4. The zero-order valence-corrected chi connectivity index (χ0v) is 19.3. The van der Waals surface area contributed by atoms with E-state index in [1.54, 1.807) is 18.2 Å². The molecule has 0 aliphatic carbocycles. The summed E-state index contributed by atoms with van der Waals surface area (Å²) < 4.78 is 19.3. The Morgan fingerprint density at radius 1 is 0.912 bits per heavy atom. The number of halogens is 4. The molecule has 1 N–H and O–H groups in total. The Morgan fingerprint density at radius 2 is 1.59 bits per heavy atom. The van der Waals surface area contributed by atoms with Gasteiger partial charge in [0, 0.05) is 26.1 Å². The Hall–Kier alpha value is -3.32. The first-order valence-electron chi connectivity index (χ1n) is 9.95. The van der Waals surface area contributed by atoms with Crippen LogP contribution in [0.15, 0.2) is 82.5 Å². The molecule has 34 heavy (non-hydrogen) atoms. The summed E-state index contributed by atoms with van der Waals surface area (Å²) >= 11 is 18.3. The third-order valence-corrected chi connectivity index (χ3v) is 6.14. The first-order valence-corrected chi connectivity index (χ1v) is 11.1. The number of nitrogens with zero attached hydrogens (tertiary/aromatic N) is 1. The molecule has 1 aliphatic heterocycles. The Bertz CT molecular complexity index is 1490. The van der Waals surface area contributed by atoms with Gasteiger partial charge in [-0.3, -0.25) is 14.5 Å². The molecule has 9 heteroatoms. The van der Waals surface area contributed by atoms with Crippen LogP contribution in [-0.4, -0.2) is 16.8 Å². The topological polar surface area (TPSA) is 70.8 Å². The average molecular weight is 517 g/mol. The van der Waals surface area contributed by atoms with Crippen LogP contribution in [0.5, 0.6) is 0 Å². The zero-order chi connectivity index (χ0) is 24.1. The molecule has 0 saturated carbocycles. The van der Waals surface area contributed by atoms with E-state index in [0.717, 1.165) is 0 Å². The van der Waals surface area contributed by atoms with Gasteiger partial charge in [-0.05, 0) is 60.2 Å². The first-order chi connectivity index (χ1) is 16.2. The van der Waals surface area contributed by atoms with Gasteiger partial charge in [0.2, 0.25) is 5.78 Å². The molecule has 4 aromatic rings. The Morgan fingerprint density at radius 3 is 2.26 bits per heavy atom. The van der Waals surface area contributed by atoms with Crippen molar-refractivity contribution >= 4 is 63.1 Å². The number of carbonyl (C=O) groups is 2. The number of fused-ring (bicyclic) bond motifs is 1. The lowest BCUT2D eigenvalue weighted by atomic mass is 9.94. The molecule has 1 unspecified atom stereocenters. The smallest absolute Gasteiger partial charge is 0.294 e. The van der Waals surface area contributed by atoms with Gasteiger partial charge < -0.3 is 9.52 Å². The normalized spacial score (nSPS) is 16.1. The monoisotopic (exact) mass is 515 g/mol. The molecule has 2 heterocycles. The Kier molecular flexibility index (Phi) is 5.60. The van der Waals surface area contributed by atoms with E-state index in [1.165, 1.54) is 53.4 Å². The lowest BCUT2D eigenvalue weighted by molar-refractivity contribution is -0.117. The minimum atomic E-state index is -1.09. The van der Waals surface area contributed by atoms with Crippen LogP contribution in [0.25, 0.3) is 11.0 Å². The van der Waals surface area contributed by atoms with Crippen LogP contribution in [0, 0.1) is 5.82 Å². The summed E-state index contributed by atoms with van der Waals surface area (Å²) in [7, 11) is 0. The van der Waals surface area contributed by atoms with Crippen LogP contribution in [0.4, 0.5) is 10.1 Å². The second-order valence-corrected chi connectivity index (χ2v) is 8.95. The standard InChI is InChI=1S/C25H13Cl3FNO4/c26-14-3-6-19-13(7-14)8-20(34-19)23(31)21-22(12-1-4-17(29)5-2-12)30(25(33)24(21)32)18-10-15(27)9-16(28)11-18/h1-11,22,32H. The third-order valence-electron chi connectivity index (χ3n) is 5.47. The van der Waals surface area contributed by atoms with Crippen LogP contribution < -0.4 is 4.90 Å². The summed E-state index contributed by atoms with van der Waals surface area (Å²) in [4.78, 5) is 28.0. The van der Waals surface area contributed by atoms with Gasteiger partial charge in [-0.15, -0.1) is 0 Å². The van der Waals surface area contributed by atoms with Gasteiger partial charge in [-0.2, -0.15) is 0 Å². The number of Topliss-reactive ketones (excluding diaryl/α,β-unsaturated/α-hetero) is 1. The van der Waals surface area contributed by atoms with Crippen molar-refractivity contribution < 1.29 is 23.5 Å². The van der Waals surface area contributed by atoms with Gasteiger partial charge in [0.1, 0.15) is 11.4 Å². The van der Waals surface area contributed by atoms with Gasteiger partial charge >= 0.3 is 0 Å². The molecule has 0 fully saturated rings. The molecule has 1 aromatic heterocycles. The number of amides is 1. The SMILES string of the molecule is O=C(C1=C(O)C(=O)N(c2cc(Cl)cc(Cl)c2)C1c1ccc(F)cc1)c1cc2cc(Cl)ccc2o1. The van der Waals surface area contributed by atoms with Crippen molar-refractivity contribution in [2.75, 3.05) is 4.90 Å². The van der Waals surface area contributed by atoms with Gasteiger partial charge in [0.05, 0.1) is 11.6 Å². The zero-order valence-electron chi connectivity index (χ0n) is 17.1. The second kappa shape index (κ2) is 8.47. The molecular formula is C25H13Cl3FNO4. The van der Waals surface area contributed by atoms with Crippen LogP contribution in [0.1, 0.15) is 22.2 Å². The van der Waals surface area contributed by atoms with Crippen molar-refractivity contribution in [2.45, 2.75) is 6.04 Å². The molecule has 1 amide bonds. The molecule has 5 rings (SSSR count). The van der Waals surface area contributed by atoms with Crippen molar-refractivity contribution in [1.29, 1.82) is 0 Å². The highest BCUT2D eigenvalue weighted by molar-refractivity contribution is 6.35. The van der Waals surface area contributed by atoms with Crippen molar-refractivity contribution in [3.63, 3.8) is 0 Å². The van der Waals surface area contributed by atoms with E-state index in [9.17, 15) is 19.1 Å². The lowest BCUT2D eigenvalue weighted by Gasteiger charge is -2.27. The lowest BCUT2D eigenvalue weighted by Crippen LogP contribution is -2.31. The number of benzene rings is 3. The Labute approximate surface area is 207 Å². The third kappa shape index (κ3) is 3.84. The molecule has 0 bridgehead atoms. The second-order valence-electron chi connectivity index (χ2n) is 7.64. The number of aliphatic hydroxyl groups excluding tert-OH is 1. The van der Waals surface area contributed by atoms with E-state index in [2.05, 4.69) is 0 Å². The van der Waals surface area contributed by atoms with E-state index in [0.29, 0.717) is 21.6 Å². The van der Waals surface area contributed by atoms with Crippen molar-refractivity contribution in [2.24, 2.45) is 0 Å². The van der Waals surface area contributed by atoms with Crippen LogP contribution in [0.2, 0.25) is 15.1 Å². The molecule has 5 nitrogen and oxygen atoms in total. The number of carbonyl (C=O) groups excluding carboxylic acids is 2. The molecule has 170 valence electrons. The number of hydrogen-bond donors (Lipinski definition) is 1. The fraction of sp³-hybridized carbons (Fsp3) is 0.0400. The van der Waals surface area contributed by atoms with Gasteiger partial charge in [0.25, 0.3) is 5.91 Å². The number of ketones is 1. The maximum Gasteiger partial charge on any atom is 0.294 e. The largest absolute Gasteiger partial charge is 0.503 e. The molecule has 0 saturated heterocycles. The number of rotatable bonds is 4. The minimum absolute atomic E-state index is 0.0929. The predicted octanol–water partition coefficient (Wildman–Crippen LogP) is 7.32. The number of anilines is 1. The first kappa shape index (κ1) is 22.5. The highest BCUT2D eigenvalue weighted by Gasteiger charge is 2.45. The van der Waals surface area contributed by atoms with Crippen molar-refractivity contribution in [1.82, 2.24) is 0 Å². The number of furan rings is 1. The Balaban J connectivity index is 1.67. The molecule has 1 aliphatic rings. The summed E-state index contributed by atoms with van der Waals surface area (Å²) in [6.45, 7) is 0. The van der Waals surface area contributed by atoms with Gasteiger partial charge in [-0.25, -0.2) is 4.39 Å². The number of aliphatic hydroxyl groups is 1. The summed E-state index contributed by atoms with van der Waals surface area (Å²) in [5.41, 5.74) is 0.826. The minimum Gasteiger partial charge on any atom is -0.503 e. The predicted molar refractivity (Wildman–Crippen MR) is 128 cm³/mol. The van der Waals surface area contributed by atoms with E-state index in [1.807, 2.05) is 0 Å². The molecule has 0 spiro atoms. The van der Waals surface area contributed by atoms with E-state index in [4.69, 9.17) is 39.2 Å². The van der Waals surface area contributed by atoms with E-state index in [-0.39, 0.29) is 27.1 Å². The molecular weight excluding hydrogens is 504 g/mol. The maximum absolute atomic E-state index is 13.7. The van der Waals surface area contributed by atoms with Crippen LogP contribution in [0.3, 0.4) is 0 Å². The maximum atomic E-state index is 13.7. The highest BCUT2D eigenvalue weighted by atomic mass is 35.5. The van der Waals surface area contributed by atoms with E-state index < -0.39 is 29.3 Å². The van der Waals surface area contributed by atoms with E-state index >= 15 is 0 Å². The fourth-order valence-corrected chi connectivity index (χ4v) is 4.70. The highest BCUT2D eigenvalue weighted by Crippen LogP contribution is 2.43. The fourth-order valence-electron chi connectivity index (χ4n) is 4.00. The van der Waals surface area contributed by atoms with Gasteiger partial charge in [0.15, 0.2) is 11.5 Å². The molecule has 0 radical (unpaired) electrons. The summed E-state index contributed by atoms with van der Waals surface area (Å²) in [5.74, 6) is -2.89.